The molecule has 1 aromatic heterocycles. The van der Waals surface area contributed by atoms with E-state index in [-0.39, 0.29) is 6.54 Å². The molecule has 9 heteroatoms. The first-order valence-corrected chi connectivity index (χ1v) is 15.5. The Morgan fingerprint density at radius 1 is 1.11 bits per heavy atom. The molecule has 2 N–H and O–H groups in total. The van der Waals surface area contributed by atoms with Crippen molar-refractivity contribution in [3.63, 3.8) is 0 Å². The Kier molecular flexibility index (Phi) is 8.90. The highest BCUT2D eigenvalue weighted by molar-refractivity contribution is 7.89. The summed E-state index contributed by atoms with van der Waals surface area (Å²) in [4.78, 5) is 15.3. The van der Waals surface area contributed by atoms with Crippen LogP contribution in [0.1, 0.15) is 61.6 Å². The van der Waals surface area contributed by atoms with Crippen LogP contribution in [0, 0.1) is 5.41 Å². The summed E-state index contributed by atoms with van der Waals surface area (Å²) in [6.45, 7) is 5.65. The van der Waals surface area contributed by atoms with Gasteiger partial charge in [-0.05, 0) is 66.7 Å². The van der Waals surface area contributed by atoms with Gasteiger partial charge in [-0.3, -0.25) is 4.79 Å². The Morgan fingerprint density at radius 3 is 2.39 bits per heavy atom. The molecule has 0 spiro atoms. The SMILES string of the molecule is CN(Cc1nc(-c2ccc(NCCc3ccc(C4CCC(C)(C)CC4)cc3)cc2)cs1)S(=O)(=O)CC(=O)O. The monoisotopic (exact) mass is 555 g/mol. The van der Waals surface area contributed by atoms with Gasteiger partial charge in [0.05, 0.1) is 12.2 Å². The lowest BCUT2D eigenvalue weighted by molar-refractivity contribution is -0.134. The summed E-state index contributed by atoms with van der Waals surface area (Å²) in [5.74, 6) is -1.60. The minimum absolute atomic E-state index is 0.0414. The van der Waals surface area contributed by atoms with Crippen LogP contribution < -0.4 is 5.32 Å². The van der Waals surface area contributed by atoms with Crippen molar-refractivity contribution in [2.45, 2.75) is 58.4 Å². The van der Waals surface area contributed by atoms with Crippen LogP contribution in [0.3, 0.4) is 0 Å². The van der Waals surface area contributed by atoms with Crippen molar-refractivity contribution in [3.05, 3.63) is 70.0 Å². The number of carbonyl (C=O) groups is 1. The van der Waals surface area contributed by atoms with Gasteiger partial charge in [-0.15, -0.1) is 11.3 Å². The van der Waals surface area contributed by atoms with E-state index in [1.54, 1.807) is 0 Å². The molecule has 7 nitrogen and oxygen atoms in total. The Morgan fingerprint density at radius 2 is 1.76 bits per heavy atom. The van der Waals surface area contributed by atoms with Crippen molar-refractivity contribution in [2.75, 3.05) is 24.7 Å². The minimum Gasteiger partial charge on any atom is -0.480 e. The van der Waals surface area contributed by atoms with E-state index in [0.29, 0.717) is 16.3 Å². The third-order valence-electron chi connectivity index (χ3n) is 7.40. The first-order valence-electron chi connectivity index (χ1n) is 13.0. The number of anilines is 1. The van der Waals surface area contributed by atoms with Crippen molar-refractivity contribution in [3.8, 4) is 11.3 Å². The molecule has 0 atom stereocenters. The lowest BCUT2D eigenvalue weighted by Crippen LogP contribution is -2.31. The second kappa shape index (κ2) is 12.0. The van der Waals surface area contributed by atoms with E-state index in [9.17, 15) is 13.2 Å². The molecule has 0 saturated heterocycles. The number of thiazole rings is 1. The third kappa shape index (κ3) is 7.65. The van der Waals surface area contributed by atoms with Gasteiger partial charge >= 0.3 is 5.97 Å². The van der Waals surface area contributed by atoms with Crippen molar-refractivity contribution >= 4 is 33.0 Å². The normalized spacial score (nSPS) is 16.0. The number of hydrogen-bond donors (Lipinski definition) is 2. The Labute approximate surface area is 230 Å². The molecule has 2 aromatic carbocycles. The summed E-state index contributed by atoms with van der Waals surface area (Å²) in [5, 5.41) is 14.8. The molecule has 3 aromatic rings. The van der Waals surface area contributed by atoms with E-state index in [0.717, 1.165) is 34.2 Å². The Balaban J connectivity index is 1.25. The highest BCUT2D eigenvalue weighted by Gasteiger charge is 2.27. The molecule has 1 aliphatic rings. The first kappa shape index (κ1) is 28.3. The fourth-order valence-corrected chi connectivity index (χ4v) is 6.66. The Hall–Kier alpha value is -2.75. The molecule has 4 rings (SSSR count). The molecule has 1 saturated carbocycles. The number of sulfonamides is 1. The zero-order valence-electron chi connectivity index (χ0n) is 22.3. The summed E-state index contributed by atoms with van der Waals surface area (Å²) in [7, 11) is -2.50. The lowest BCUT2D eigenvalue weighted by atomic mass is 9.71. The van der Waals surface area contributed by atoms with Gasteiger partial charge in [-0.2, -0.15) is 4.31 Å². The van der Waals surface area contributed by atoms with Gasteiger partial charge in [0.15, 0.2) is 5.75 Å². The number of carboxylic acids is 1. The van der Waals surface area contributed by atoms with Gasteiger partial charge in [0.25, 0.3) is 0 Å². The number of nitrogens with zero attached hydrogens (tertiary/aromatic N) is 2. The van der Waals surface area contributed by atoms with Crippen molar-refractivity contribution in [2.24, 2.45) is 5.41 Å². The van der Waals surface area contributed by atoms with E-state index < -0.39 is 21.7 Å². The van der Waals surface area contributed by atoms with Crippen LogP contribution in [0.2, 0.25) is 0 Å². The van der Waals surface area contributed by atoms with E-state index >= 15 is 0 Å². The van der Waals surface area contributed by atoms with E-state index in [1.807, 2.05) is 29.6 Å². The number of aliphatic carboxylic acids is 1. The number of aromatic nitrogens is 1. The highest BCUT2D eigenvalue weighted by atomic mass is 32.2. The lowest BCUT2D eigenvalue weighted by Gasteiger charge is -2.34. The maximum absolute atomic E-state index is 12.1. The van der Waals surface area contributed by atoms with Gasteiger partial charge in [0.2, 0.25) is 10.0 Å². The van der Waals surface area contributed by atoms with Crippen LogP contribution in [0.25, 0.3) is 11.3 Å². The molecule has 0 amide bonds. The van der Waals surface area contributed by atoms with Crippen molar-refractivity contribution in [1.82, 2.24) is 9.29 Å². The molecule has 38 heavy (non-hydrogen) atoms. The number of rotatable bonds is 11. The average Bonchev–Trinajstić information content (AvgIpc) is 3.33. The van der Waals surface area contributed by atoms with Gasteiger partial charge in [-0.1, -0.05) is 50.2 Å². The van der Waals surface area contributed by atoms with Gasteiger partial charge < -0.3 is 10.4 Å². The molecule has 0 aliphatic heterocycles. The number of hydrogen-bond acceptors (Lipinski definition) is 6. The fourth-order valence-electron chi connectivity index (χ4n) is 4.87. The standard InChI is InChI=1S/C29H37N3O4S2/c1-29(2)15-12-23(13-16-29)22-6-4-21(5-7-22)14-17-30-25-10-8-24(9-11-25)26-19-37-27(31-26)18-32(3)38(35,36)20-28(33)34/h4-11,19,23,30H,12-18,20H2,1-3H3,(H,33,34). The van der Waals surface area contributed by atoms with Crippen LogP contribution in [0.15, 0.2) is 53.9 Å². The van der Waals surface area contributed by atoms with Gasteiger partial charge in [0.1, 0.15) is 5.01 Å². The third-order valence-corrected chi connectivity index (χ3v) is 9.93. The zero-order chi connectivity index (χ0) is 27.3. The van der Waals surface area contributed by atoms with Gasteiger partial charge in [0, 0.05) is 30.2 Å². The summed E-state index contributed by atoms with van der Waals surface area (Å²) >= 11 is 1.35. The highest BCUT2D eigenvalue weighted by Crippen LogP contribution is 2.42. The fraction of sp³-hybridized carbons (Fsp3) is 0.448. The average molecular weight is 556 g/mol. The number of benzene rings is 2. The second-order valence-electron chi connectivity index (χ2n) is 11.0. The molecule has 0 unspecified atom stereocenters. The maximum Gasteiger partial charge on any atom is 0.320 e. The molecular formula is C29H37N3O4S2. The van der Waals surface area contributed by atoms with Crippen molar-refractivity contribution in [1.29, 1.82) is 0 Å². The molecule has 1 heterocycles. The van der Waals surface area contributed by atoms with Gasteiger partial charge in [-0.25, -0.2) is 13.4 Å². The number of nitrogens with one attached hydrogen (secondary N) is 1. The molecule has 1 fully saturated rings. The summed E-state index contributed by atoms with van der Waals surface area (Å²) in [6.07, 6.45) is 6.15. The predicted octanol–water partition coefficient (Wildman–Crippen LogP) is 5.99. The minimum atomic E-state index is -3.87. The maximum atomic E-state index is 12.1. The summed E-state index contributed by atoms with van der Waals surface area (Å²) in [5.41, 5.74) is 6.05. The molecule has 204 valence electrons. The summed E-state index contributed by atoms with van der Waals surface area (Å²) < 4.78 is 25.1. The topological polar surface area (TPSA) is 99.6 Å². The smallest absolute Gasteiger partial charge is 0.320 e. The van der Waals surface area contributed by atoms with Crippen LogP contribution >= 0.6 is 11.3 Å². The molecule has 1 aliphatic carbocycles. The van der Waals surface area contributed by atoms with Crippen LogP contribution in [-0.2, 0) is 27.8 Å². The molecule has 0 bridgehead atoms. The predicted molar refractivity (Wildman–Crippen MR) is 154 cm³/mol. The Bertz CT molecular complexity index is 1320. The zero-order valence-corrected chi connectivity index (χ0v) is 23.9. The largest absolute Gasteiger partial charge is 0.480 e. The van der Waals surface area contributed by atoms with Crippen LogP contribution in [0.4, 0.5) is 5.69 Å². The molecule has 0 radical (unpaired) electrons. The first-order chi connectivity index (χ1) is 18.0. The van der Waals surface area contributed by atoms with Crippen molar-refractivity contribution < 1.29 is 18.3 Å². The van der Waals surface area contributed by atoms with E-state index in [2.05, 4.69) is 48.4 Å². The summed E-state index contributed by atoms with van der Waals surface area (Å²) in [6, 6.07) is 17.2. The molecular weight excluding hydrogens is 518 g/mol. The second-order valence-corrected chi connectivity index (χ2v) is 14.0. The van der Waals surface area contributed by atoms with E-state index in [1.165, 1.54) is 55.2 Å². The quantitative estimate of drug-likeness (QED) is 0.301. The van der Waals surface area contributed by atoms with E-state index in [4.69, 9.17) is 5.11 Å². The number of carboxylic acid groups (broad SMARTS) is 1. The van der Waals surface area contributed by atoms with Crippen LogP contribution in [0.5, 0.6) is 0 Å². The van der Waals surface area contributed by atoms with Crippen LogP contribution in [-0.4, -0.2) is 48.1 Å².